The van der Waals surface area contributed by atoms with Gasteiger partial charge in [-0.3, -0.25) is 0 Å². The van der Waals surface area contributed by atoms with E-state index in [2.05, 4.69) is 13.8 Å². The standard InChI is InChI=1S/C20H22O4/c1-5-13(2)14-6-8-15(9-7-14)19(21)22-16-10-11-17-18(12-16)24-20(3,4)23-17/h6-13H,5H2,1-4H3. The van der Waals surface area contributed by atoms with Gasteiger partial charge in [0.2, 0.25) is 5.79 Å². The number of benzene rings is 2. The SMILES string of the molecule is CCC(C)c1ccc(C(=O)Oc2ccc3c(c2)OC(C)(C)O3)cc1. The number of carbonyl (C=O) groups is 1. The van der Waals surface area contributed by atoms with Gasteiger partial charge in [-0.1, -0.05) is 26.0 Å². The van der Waals surface area contributed by atoms with Gasteiger partial charge in [0.15, 0.2) is 11.5 Å². The van der Waals surface area contributed by atoms with Crippen molar-refractivity contribution in [2.75, 3.05) is 0 Å². The van der Waals surface area contributed by atoms with E-state index < -0.39 is 5.79 Å². The Morgan fingerprint density at radius 2 is 1.75 bits per heavy atom. The van der Waals surface area contributed by atoms with E-state index in [1.165, 1.54) is 5.56 Å². The normalized spacial score (nSPS) is 15.8. The Balaban J connectivity index is 1.72. The fourth-order valence-electron chi connectivity index (χ4n) is 2.62. The van der Waals surface area contributed by atoms with Crippen molar-refractivity contribution in [3.05, 3.63) is 53.6 Å². The number of carbonyl (C=O) groups excluding carboxylic acids is 1. The van der Waals surface area contributed by atoms with Crippen molar-refractivity contribution in [3.63, 3.8) is 0 Å². The summed E-state index contributed by atoms with van der Waals surface area (Å²) in [6.07, 6.45) is 1.07. The molecule has 0 bridgehead atoms. The van der Waals surface area contributed by atoms with Gasteiger partial charge in [0.05, 0.1) is 5.56 Å². The van der Waals surface area contributed by atoms with Crippen molar-refractivity contribution in [3.8, 4) is 17.2 Å². The maximum Gasteiger partial charge on any atom is 0.343 e. The zero-order valence-electron chi connectivity index (χ0n) is 14.5. The van der Waals surface area contributed by atoms with E-state index in [4.69, 9.17) is 14.2 Å². The fraction of sp³-hybridized carbons (Fsp3) is 0.350. The number of ether oxygens (including phenoxy) is 3. The van der Waals surface area contributed by atoms with E-state index in [9.17, 15) is 4.79 Å². The van der Waals surface area contributed by atoms with E-state index >= 15 is 0 Å². The van der Waals surface area contributed by atoms with Gasteiger partial charge in [0.1, 0.15) is 5.75 Å². The lowest BCUT2D eigenvalue weighted by molar-refractivity contribution is -0.0431. The minimum absolute atomic E-state index is 0.385. The lowest BCUT2D eigenvalue weighted by Crippen LogP contribution is -2.29. The molecular formula is C20H22O4. The molecule has 2 aromatic rings. The Morgan fingerprint density at radius 3 is 2.42 bits per heavy atom. The Hall–Kier alpha value is -2.49. The number of fused-ring (bicyclic) bond motifs is 1. The molecular weight excluding hydrogens is 304 g/mol. The Labute approximate surface area is 142 Å². The summed E-state index contributed by atoms with van der Waals surface area (Å²) in [7, 11) is 0. The van der Waals surface area contributed by atoms with E-state index in [-0.39, 0.29) is 5.97 Å². The number of hydrogen-bond donors (Lipinski definition) is 0. The summed E-state index contributed by atoms with van der Waals surface area (Å²) < 4.78 is 16.7. The molecule has 3 rings (SSSR count). The summed E-state index contributed by atoms with van der Waals surface area (Å²) in [6, 6.07) is 12.7. The van der Waals surface area contributed by atoms with E-state index in [0.717, 1.165) is 6.42 Å². The maximum absolute atomic E-state index is 12.3. The van der Waals surface area contributed by atoms with Gasteiger partial charge in [0, 0.05) is 19.9 Å². The quantitative estimate of drug-likeness (QED) is 0.590. The predicted octanol–water partition coefficient (Wildman–Crippen LogP) is 4.93. The minimum Gasteiger partial charge on any atom is -0.449 e. The molecule has 0 amide bonds. The molecule has 0 saturated heterocycles. The molecule has 0 fully saturated rings. The van der Waals surface area contributed by atoms with E-state index in [1.807, 2.05) is 26.0 Å². The second kappa shape index (κ2) is 6.19. The zero-order chi connectivity index (χ0) is 17.3. The van der Waals surface area contributed by atoms with Crippen LogP contribution in [0.5, 0.6) is 17.2 Å². The molecule has 0 radical (unpaired) electrons. The Bertz CT molecular complexity index is 747. The molecule has 0 N–H and O–H groups in total. The van der Waals surface area contributed by atoms with Crippen LogP contribution in [0.3, 0.4) is 0 Å². The van der Waals surface area contributed by atoms with Crippen LogP contribution in [-0.2, 0) is 0 Å². The lowest BCUT2D eigenvalue weighted by Gasteiger charge is -2.16. The van der Waals surface area contributed by atoms with Crippen LogP contribution < -0.4 is 14.2 Å². The monoisotopic (exact) mass is 326 g/mol. The molecule has 1 aliphatic heterocycles. The topological polar surface area (TPSA) is 44.8 Å². The summed E-state index contributed by atoms with van der Waals surface area (Å²) in [4.78, 5) is 12.3. The summed E-state index contributed by atoms with van der Waals surface area (Å²) >= 11 is 0. The second-order valence-corrected chi connectivity index (χ2v) is 6.53. The highest BCUT2D eigenvalue weighted by molar-refractivity contribution is 5.91. The summed E-state index contributed by atoms with van der Waals surface area (Å²) in [5.41, 5.74) is 1.75. The first kappa shape index (κ1) is 16.4. The largest absolute Gasteiger partial charge is 0.449 e. The first-order chi connectivity index (χ1) is 11.4. The molecule has 0 spiro atoms. The molecule has 126 valence electrons. The molecule has 4 heteroatoms. The lowest BCUT2D eigenvalue weighted by atomic mass is 9.98. The van der Waals surface area contributed by atoms with Crippen LogP contribution in [0, 0.1) is 0 Å². The third-order valence-corrected chi connectivity index (χ3v) is 4.17. The van der Waals surface area contributed by atoms with Crippen molar-refractivity contribution in [1.82, 2.24) is 0 Å². The Kier molecular flexibility index (Phi) is 4.22. The summed E-state index contributed by atoms with van der Waals surface area (Å²) in [5, 5.41) is 0. The average Bonchev–Trinajstić information content (AvgIpc) is 2.87. The van der Waals surface area contributed by atoms with E-state index in [1.54, 1.807) is 30.3 Å². The highest BCUT2D eigenvalue weighted by Crippen LogP contribution is 2.41. The van der Waals surface area contributed by atoms with Gasteiger partial charge in [-0.05, 0) is 42.2 Å². The molecule has 1 unspecified atom stereocenters. The van der Waals surface area contributed by atoms with Gasteiger partial charge in [-0.25, -0.2) is 4.79 Å². The van der Waals surface area contributed by atoms with Crippen LogP contribution in [0.4, 0.5) is 0 Å². The second-order valence-electron chi connectivity index (χ2n) is 6.53. The summed E-state index contributed by atoms with van der Waals surface area (Å²) in [6.45, 7) is 7.98. The van der Waals surface area contributed by atoms with Crippen LogP contribution in [0.15, 0.2) is 42.5 Å². The minimum atomic E-state index is -0.698. The highest BCUT2D eigenvalue weighted by atomic mass is 16.7. The molecule has 1 heterocycles. The van der Waals surface area contributed by atoms with Gasteiger partial charge in [-0.15, -0.1) is 0 Å². The third-order valence-electron chi connectivity index (χ3n) is 4.17. The van der Waals surface area contributed by atoms with Crippen LogP contribution in [0.25, 0.3) is 0 Å². The van der Waals surface area contributed by atoms with Crippen molar-refractivity contribution in [2.24, 2.45) is 0 Å². The van der Waals surface area contributed by atoms with Crippen LogP contribution >= 0.6 is 0 Å². The first-order valence-electron chi connectivity index (χ1n) is 8.22. The third kappa shape index (κ3) is 3.37. The molecule has 24 heavy (non-hydrogen) atoms. The summed E-state index contributed by atoms with van der Waals surface area (Å²) in [5.74, 6) is 1.06. The molecule has 0 aliphatic carbocycles. The van der Waals surface area contributed by atoms with Crippen molar-refractivity contribution in [2.45, 2.75) is 45.8 Å². The van der Waals surface area contributed by atoms with Gasteiger partial charge in [0.25, 0.3) is 0 Å². The molecule has 0 aromatic heterocycles. The molecule has 1 aliphatic rings. The number of rotatable bonds is 4. The predicted molar refractivity (Wildman–Crippen MR) is 91.9 cm³/mol. The van der Waals surface area contributed by atoms with Crippen LogP contribution in [-0.4, -0.2) is 11.8 Å². The van der Waals surface area contributed by atoms with E-state index in [0.29, 0.717) is 28.7 Å². The Morgan fingerprint density at radius 1 is 1.08 bits per heavy atom. The smallest absolute Gasteiger partial charge is 0.343 e. The van der Waals surface area contributed by atoms with Crippen molar-refractivity contribution in [1.29, 1.82) is 0 Å². The van der Waals surface area contributed by atoms with Crippen LogP contribution in [0.1, 0.15) is 56.0 Å². The van der Waals surface area contributed by atoms with Gasteiger partial charge >= 0.3 is 5.97 Å². The van der Waals surface area contributed by atoms with Crippen molar-refractivity contribution >= 4 is 5.97 Å². The van der Waals surface area contributed by atoms with Crippen LogP contribution in [0.2, 0.25) is 0 Å². The van der Waals surface area contributed by atoms with Gasteiger partial charge < -0.3 is 14.2 Å². The number of hydrogen-bond acceptors (Lipinski definition) is 4. The molecule has 4 nitrogen and oxygen atoms in total. The van der Waals surface area contributed by atoms with Crippen molar-refractivity contribution < 1.29 is 19.0 Å². The average molecular weight is 326 g/mol. The highest BCUT2D eigenvalue weighted by Gasteiger charge is 2.32. The van der Waals surface area contributed by atoms with Gasteiger partial charge in [-0.2, -0.15) is 0 Å². The molecule has 1 atom stereocenters. The molecule has 0 saturated carbocycles. The zero-order valence-corrected chi connectivity index (χ0v) is 14.5. The molecule has 2 aromatic carbocycles. The first-order valence-corrected chi connectivity index (χ1v) is 8.22. The maximum atomic E-state index is 12.3. The number of esters is 1. The fourth-order valence-corrected chi connectivity index (χ4v) is 2.62.